The molecule has 0 aromatic carbocycles. The van der Waals surface area contributed by atoms with Crippen LogP contribution in [0.3, 0.4) is 0 Å². The highest BCUT2D eigenvalue weighted by atomic mass is 16.3. The van der Waals surface area contributed by atoms with Gasteiger partial charge in [0.05, 0.1) is 12.5 Å². The summed E-state index contributed by atoms with van der Waals surface area (Å²) in [5.74, 6) is 1.54. The third kappa shape index (κ3) is 1.62. The maximum atomic E-state index is 5.20. The second kappa shape index (κ2) is 3.45. The molecule has 0 saturated heterocycles. The fourth-order valence-corrected chi connectivity index (χ4v) is 1.18. The Morgan fingerprint density at radius 2 is 2.54 bits per heavy atom. The number of aromatic nitrogens is 2. The van der Waals surface area contributed by atoms with Crippen LogP contribution < -0.4 is 5.32 Å². The van der Waals surface area contributed by atoms with Gasteiger partial charge in [-0.15, -0.1) is 0 Å². The number of nitrogens with zero attached hydrogens (tertiary/aromatic N) is 1. The molecule has 0 fully saturated rings. The molecule has 0 amide bonds. The summed E-state index contributed by atoms with van der Waals surface area (Å²) < 4.78 is 5.20. The topological polar surface area (TPSA) is 53.9 Å². The third-order valence-corrected chi connectivity index (χ3v) is 1.75. The van der Waals surface area contributed by atoms with Crippen LogP contribution in [0.2, 0.25) is 0 Å². The molecule has 0 bridgehead atoms. The Bertz CT molecular complexity index is 364. The van der Waals surface area contributed by atoms with E-state index in [-0.39, 0.29) is 0 Å². The van der Waals surface area contributed by atoms with Crippen LogP contribution in [-0.4, -0.2) is 17.0 Å². The van der Waals surface area contributed by atoms with Crippen molar-refractivity contribution < 1.29 is 4.42 Å². The molecule has 0 saturated carbocycles. The van der Waals surface area contributed by atoms with Crippen LogP contribution in [-0.2, 0) is 6.54 Å². The molecule has 4 heteroatoms. The Hall–Kier alpha value is -1.55. The third-order valence-electron chi connectivity index (χ3n) is 1.75. The van der Waals surface area contributed by atoms with Gasteiger partial charge < -0.3 is 14.7 Å². The van der Waals surface area contributed by atoms with E-state index in [1.54, 1.807) is 12.5 Å². The highest BCUT2D eigenvalue weighted by Gasteiger charge is 2.04. The number of aromatic amines is 1. The van der Waals surface area contributed by atoms with E-state index in [1.807, 2.05) is 19.2 Å². The first-order chi connectivity index (χ1) is 6.40. The lowest BCUT2D eigenvalue weighted by atomic mass is 10.4. The smallest absolute Gasteiger partial charge is 0.173 e. The minimum atomic E-state index is 0.766. The first kappa shape index (κ1) is 8.07. The van der Waals surface area contributed by atoms with Gasteiger partial charge in [0.1, 0.15) is 0 Å². The fraction of sp³-hybridized carbons (Fsp3) is 0.222. The summed E-state index contributed by atoms with van der Waals surface area (Å²) in [4.78, 5) is 7.34. The van der Waals surface area contributed by atoms with Gasteiger partial charge in [0.25, 0.3) is 0 Å². The van der Waals surface area contributed by atoms with E-state index < -0.39 is 0 Å². The van der Waals surface area contributed by atoms with Crippen molar-refractivity contribution in [2.24, 2.45) is 0 Å². The average molecular weight is 177 g/mol. The molecule has 0 unspecified atom stereocenters. The number of rotatable bonds is 3. The minimum Gasteiger partial charge on any atom is -0.461 e. The van der Waals surface area contributed by atoms with Crippen molar-refractivity contribution in [1.29, 1.82) is 0 Å². The van der Waals surface area contributed by atoms with Crippen molar-refractivity contribution in [3.8, 4) is 11.6 Å². The summed E-state index contributed by atoms with van der Waals surface area (Å²) >= 11 is 0. The second-order valence-corrected chi connectivity index (χ2v) is 2.76. The predicted molar refractivity (Wildman–Crippen MR) is 49.1 cm³/mol. The van der Waals surface area contributed by atoms with Crippen molar-refractivity contribution in [3.63, 3.8) is 0 Å². The van der Waals surface area contributed by atoms with Crippen LogP contribution in [0.1, 0.15) is 5.69 Å². The molecule has 68 valence electrons. The Kier molecular flexibility index (Phi) is 2.14. The number of hydrogen-bond donors (Lipinski definition) is 2. The van der Waals surface area contributed by atoms with Gasteiger partial charge in [-0.2, -0.15) is 0 Å². The number of imidazole rings is 1. The molecule has 2 aromatic heterocycles. The summed E-state index contributed by atoms with van der Waals surface area (Å²) in [7, 11) is 1.90. The van der Waals surface area contributed by atoms with Crippen molar-refractivity contribution in [2.75, 3.05) is 7.05 Å². The second-order valence-electron chi connectivity index (χ2n) is 2.76. The highest BCUT2D eigenvalue weighted by Crippen LogP contribution is 2.15. The Morgan fingerprint density at radius 3 is 3.23 bits per heavy atom. The van der Waals surface area contributed by atoms with E-state index in [0.717, 1.165) is 23.8 Å². The van der Waals surface area contributed by atoms with Crippen LogP contribution in [0.4, 0.5) is 0 Å². The largest absolute Gasteiger partial charge is 0.461 e. The summed E-state index contributed by atoms with van der Waals surface area (Å²) in [6, 6.07) is 3.72. The summed E-state index contributed by atoms with van der Waals surface area (Å²) in [5.41, 5.74) is 1.05. The Morgan fingerprint density at radius 1 is 1.62 bits per heavy atom. The van der Waals surface area contributed by atoms with Crippen molar-refractivity contribution in [2.45, 2.75) is 6.54 Å². The normalized spacial score (nSPS) is 10.5. The first-order valence-corrected chi connectivity index (χ1v) is 4.12. The maximum absolute atomic E-state index is 5.20. The molecule has 0 aliphatic heterocycles. The minimum absolute atomic E-state index is 0.766. The quantitative estimate of drug-likeness (QED) is 0.744. The highest BCUT2D eigenvalue weighted by molar-refractivity contribution is 5.46. The van der Waals surface area contributed by atoms with Gasteiger partial charge in [0, 0.05) is 12.2 Å². The van der Waals surface area contributed by atoms with Crippen molar-refractivity contribution in [3.05, 3.63) is 30.3 Å². The van der Waals surface area contributed by atoms with Crippen molar-refractivity contribution >= 4 is 0 Å². The molecule has 0 atom stereocenters. The molecule has 2 rings (SSSR count). The molecule has 0 radical (unpaired) electrons. The molecule has 0 aliphatic rings. The summed E-state index contributed by atoms with van der Waals surface area (Å²) in [5, 5.41) is 3.04. The standard InChI is InChI=1S/C9H11N3O/c1-10-5-7-6-11-9(12-7)8-3-2-4-13-8/h2-4,6,10H,5H2,1H3,(H,11,12). The Labute approximate surface area is 76.0 Å². The lowest BCUT2D eigenvalue weighted by Crippen LogP contribution is -2.04. The number of nitrogens with one attached hydrogen (secondary N) is 2. The van der Waals surface area contributed by atoms with Gasteiger partial charge in [-0.1, -0.05) is 0 Å². The molecule has 4 nitrogen and oxygen atoms in total. The monoisotopic (exact) mass is 177 g/mol. The number of furan rings is 1. The zero-order chi connectivity index (χ0) is 9.10. The van der Waals surface area contributed by atoms with Crippen LogP contribution in [0.5, 0.6) is 0 Å². The summed E-state index contributed by atoms with van der Waals surface area (Å²) in [6.45, 7) is 0.785. The lowest BCUT2D eigenvalue weighted by Gasteiger charge is -1.92. The van der Waals surface area contributed by atoms with Gasteiger partial charge in [-0.25, -0.2) is 4.98 Å². The molecule has 0 spiro atoms. The number of H-pyrrole nitrogens is 1. The SMILES string of the molecule is CNCc1cnc(-c2ccco2)[nH]1. The lowest BCUT2D eigenvalue weighted by molar-refractivity contribution is 0.578. The van der Waals surface area contributed by atoms with Crippen molar-refractivity contribution in [1.82, 2.24) is 15.3 Å². The van der Waals surface area contributed by atoms with E-state index in [1.165, 1.54) is 0 Å². The van der Waals surface area contributed by atoms with E-state index in [4.69, 9.17) is 4.42 Å². The zero-order valence-electron chi connectivity index (χ0n) is 7.37. The molecular formula is C9H11N3O. The predicted octanol–water partition coefficient (Wildman–Crippen LogP) is 1.39. The molecule has 2 N–H and O–H groups in total. The van der Waals surface area contributed by atoms with E-state index >= 15 is 0 Å². The molecule has 0 aliphatic carbocycles. The van der Waals surface area contributed by atoms with Gasteiger partial charge >= 0.3 is 0 Å². The van der Waals surface area contributed by atoms with E-state index in [9.17, 15) is 0 Å². The first-order valence-electron chi connectivity index (χ1n) is 4.12. The van der Waals surface area contributed by atoms with E-state index in [0.29, 0.717) is 0 Å². The Balaban J connectivity index is 2.23. The van der Waals surface area contributed by atoms with Gasteiger partial charge in [-0.05, 0) is 19.2 Å². The van der Waals surface area contributed by atoms with Crippen LogP contribution >= 0.6 is 0 Å². The average Bonchev–Trinajstić information content (AvgIpc) is 2.70. The zero-order valence-corrected chi connectivity index (χ0v) is 7.37. The van der Waals surface area contributed by atoms with Gasteiger partial charge in [-0.3, -0.25) is 0 Å². The van der Waals surface area contributed by atoms with E-state index in [2.05, 4.69) is 15.3 Å². The van der Waals surface area contributed by atoms with Crippen LogP contribution in [0.15, 0.2) is 29.0 Å². The molecule has 2 heterocycles. The molecule has 13 heavy (non-hydrogen) atoms. The molecule has 2 aromatic rings. The van der Waals surface area contributed by atoms with Gasteiger partial charge in [0.15, 0.2) is 11.6 Å². The fourth-order valence-electron chi connectivity index (χ4n) is 1.18. The number of hydrogen-bond acceptors (Lipinski definition) is 3. The van der Waals surface area contributed by atoms with Gasteiger partial charge in [0.2, 0.25) is 0 Å². The summed E-state index contributed by atoms with van der Waals surface area (Å²) in [6.07, 6.45) is 3.43. The maximum Gasteiger partial charge on any atom is 0.173 e. The van der Waals surface area contributed by atoms with Crippen LogP contribution in [0, 0.1) is 0 Å². The molecular weight excluding hydrogens is 166 g/mol. The van der Waals surface area contributed by atoms with Crippen LogP contribution in [0.25, 0.3) is 11.6 Å².